The number of nitrogens with one attached hydrogen (secondary N) is 1. The lowest BCUT2D eigenvalue weighted by Gasteiger charge is -2.32. The molecule has 0 saturated carbocycles. The Kier molecular flexibility index (Phi) is 10.1. The normalized spacial score (nSPS) is 12.1. The van der Waals surface area contributed by atoms with Gasteiger partial charge in [-0.15, -0.1) is 0 Å². The molecule has 1 atom stereocenters. The van der Waals surface area contributed by atoms with Crippen molar-refractivity contribution in [3.63, 3.8) is 0 Å². The molecular formula is C33H42N2O2. The molecule has 0 aromatic heterocycles. The number of amides is 2. The lowest BCUT2D eigenvalue weighted by atomic mass is 9.86. The largest absolute Gasteiger partial charge is 0.354 e. The van der Waals surface area contributed by atoms with Gasteiger partial charge in [0.2, 0.25) is 11.8 Å². The second kappa shape index (κ2) is 13.2. The molecule has 1 N–H and O–H groups in total. The number of aryl methyl sites for hydroxylation is 2. The van der Waals surface area contributed by atoms with Crippen molar-refractivity contribution in [3.05, 3.63) is 107 Å². The van der Waals surface area contributed by atoms with Crippen LogP contribution < -0.4 is 5.32 Å². The van der Waals surface area contributed by atoms with E-state index in [-0.39, 0.29) is 17.2 Å². The quantitative estimate of drug-likeness (QED) is 0.333. The summed E-state index contributed by atoms with van der Waals surface area (Å²) in [7, 11) is 0. The van der Waals surface area contributed by atoms with Crippen LogP contribution in [0.15, 0.2) is 78.9 Å². The molecule has 3 aromatic rings. The molecule has 0 heterocycles. The van der Waals surface area contributed by atoms with Gasteiger partial charge in [-0.2, -0.15) is 0 Å². The van der Waals surface area contributed by atoms with Crippen LogP contribution in [0.25, 0.3) is 0 Å². The average molecular weight is 499 g/mol. The van der Waals surface area contributed by atoms with Crippen LogP contribution in [0.4, 0.5) is 0 Å². The molecule has 0 unspecified atom stereocenters. The molecule has 0 radical (unpaired) electrons. The second-order valence-electron chi connectivity index (χ2n) is 10.9. The molecule has 0 bridgehead atoms. The predicted molar refractivity (Wildman–Crippen MR) is 152 cm³/mol. The van der Waals surface area contributed by atoms with Crippen LogP contribution >= 0.6 is 0 Å². The van der Waals surface area contributed by atoms with Crippen molar-refractivity contribution in [1.82, 2.24) is 10.2 Å². The molecule has 3 rings (SSSR count). The zero-order chi connectivity index (χ0) is 26.8. The zero-order valence-electron chi connectivity index (χ0n) is 23.1. The third-order valence-electron chi connectivity index (χ3n) is 6.87. The summed E-state index contributed by atoms with van der Waals surface area (Å²) in [6.07, 6.45) is 2.32. The molecule has 3 aromatic carbocycles. The fourth-order valence-electron chi connectivity index (χ4n) is 4.46. The van der Waals surface area contributed by atoms with E-state index < -0.39 is 6.04 Å². The molecule has 0 aliphatic rings. The molecule has 0 fully saturated rings. The van der Waals surface area contributed by atoms with Crippen molar-refractivity contribution in [2.45, 2.75) is 78.3 Å². The van der Waals surface area contributed by atoms with Gasteiger partial charge in [0.15, 0.2) is 0 Å². The summed E-state index contributed by atoms with van der Waals surface area (Å²) in [5.41, 5.74) is 5.72. The molecule has 37 heavy (non-hydrogen) atoms. The number of carbonyl (C=O) groups excluding carboxylic acids is 2. The highest BCUT2D eigenvalue weighted by molar-refractivity contribution is 5.88. The van der Waals surface area contributed by atoms with Gasteiger partial charge in [-0.05, 0) is 53.0 Å². The molecular weight excluding hydrogens is 456 g/mol. The van der Waals surface area contributed by atoms with Crippen molar-refractivity contribution >= 4 is 11.8 Å². The summed E-state index contributed by atoms with van der Waals surface area (Å²) >= 11 is 0. The minimum absolute atomic E-state index is 0.00395. The third kappa shape index (κ3) is 8.31. The summed E-state index contributed by atoms with van der Waals surface area (Å²) in [5, 5.41) is 3.05. The van der Waals surface area contributed by atoms with Crippen molar-refractivity contribution in [2.75, 3.05) is 6.54 Å². The summed E-state index contributed by atoms with van der Waals surface area (Å²) in [6, 6.07) is 26.0. The first-order valence-corrected chi connectivity index (χ1v) is 13.4. The summed E-state index contributed by atoms with van der Waals surface area (Å²) in [4.78, 5) is 29.0. The van der Waals surface area contributed by atoms with Gasteiger partial charge in [0.25, 0.3) is 0 Å². The van der Waals surface area contributed by atoms with Crippen LogP contribution in [0.3, 0.4) is 0 Å². The molecule has 196 valence electrons. The number of nitrogens with zero attached hydrogens (tertiary/aromatic N) is 1. The Bertz CT molecular complexity index is 1150. The fourth-order valence-corrected chi connectivity index (χ4v) is 4.46. The average Bonchev–Trinajstić information content (AvgIpc) is 2.89. The minimum atomic E-state index is -0.579. The molecule has 4 nitrogen and oxygen atoms in total. The van der Waals surface area contributed by atoms with Crippen LogP contribution in [-0.4, -0.2) is 29.3 Å². The third-order valence-corrected chi connectivity index (χ3v) is 6.87. The van der Waals surface area contributed by atoms with E-state index in [9.17, 15) is 9.59 Å². The molecule has 0 spiro atoms. The van der Waals surface area contributed by atoms with E-state index in [1.54, 1.807) is 4.90 Å². The Labute approximate surface area is 223 Å². The van der Waals surface area contributed by atoms with E-state index in [4.69, 9.17) is 0 Å². The van der Waals surface area contributed by atoms with E-state index in [0.29, 0.717) is 32.4 Å². The molecule has 2 amide bonds. The first-order valence-electron chi connectivity index (χ1n) is 13.4. The first kappa shape index (κ1) is 28.2. The zero-order valence-corrected chi connectivity index (χ0v) is 23.1. The summed E-state index contributed by atoms with van der Waals surface area (Å²) < 4.78 is 0. The van der Waals surface area contributed by atoms with Crippen molar-refractivity contribution in [2.24, 2.45) is 0 Å². The number of benzene rings is 3. The second-order valence-corrected chi connectivity index (χ2v) is 10.9. The van der Waals surface area contributed by atoms with Gasteiger partial charge in [0.05, 0.1) is 0 Å². The number of hydrogen-bond donors (Lipinski definition) is 1. The maximum absolute atomic E-state index is 13.8. The van der Waals surface area contributed by atoms with E-state index in [2.05, 4.69) is 63.3 Å². The Morgan fingerprint density at radius 2 is 1.51 bits per heavy atom. The van der Waals surface area contributed by atoms with Crippen molar-refractivity contribution < 1.29 is 9.59 Å². The topological polar surface area (TPSA) is 49.4 Å². The predicted octanol–water partition coefficient (Wildman–Crippen LogP) is 6.39. The molecule has 0 saturated heterocycles. The van der Waals surface area contributed by atoms with Crippen molar-refractivity contribution in [3.8, 4) is 0 Å². The molecule has 0 aliphatic carbocycles. The SMILES string of the molecule is CCCNC(=O)[C@H](Cc1ccccc1)N(Cc1ccccc1C)C(=O)CCc1ccc(C(C)(C)C)cc1. The Morgan fingerprint density at radius 1 is 0.865 bits per heavy atom. The summed E-state index contributed by atoms with van der Waals surface area (Å²) in [6.45, 7) is 11.7. The van der Waals surface area contributed by atoms with Gasteiger partial charge in [0, 0.05) is 25.9 Å². The van der Waals surface area contributed by atoms with Crippen LogP contribution in [0.5, 0.6) is 0 Å². The highest BCUT2D eigenvalue weighted by Gasteiger charge is 2.30. The van der Waals surface area contributed by atoms with Crippen LogP contribution in [-0.2, 0) is 34.4 Å². The molecule has 4 heteroatoms. The summed E-state index contributed by atoms with van der Waals surface area (Å²) in [5.74, 6) is -0.0992. The van der Waals surface area contributed by atoms with E-state index in [1.165, 1.54) is 5.56 Å². The van der Waals surface area contributed by atoms with Gasteiger partial charge in [-0.1, -0.05) is 107 Å². The van der Waals surface area contributed by atoms with Gasteiger partial charge in [-0.25, -0.2) is 0 Å². The monoisotopic (exact) mass is 498 g/mol. The fraction of sp³-hybridized carbons (Fsp3) is 0.394. The Hall–Kier alpha value is -3.40. The van der Waals surface area contributed by atoms with Gasteiger partial charge in [0.1, 0.15) is 6.04 Å². The van der Waals surface area contributed by atoms with Crippen LogP contribution in [0, 0.1) is 6.92 Å². The highest BCUT2D eigenvalue weighted by Crippen LogP contribution is 2.23. The maximum Gasteiger partial charge on any atom is 0.243 e. The molecule has 0 aliphatic heterocycles. The van der Waals surface area contributed by atoms with Gasteiger partial charge < -0.3 is 10.2 Å². The van der Waals surface area contributed by atoms with Crippen LogP contribution in [0.2, 0.25) is 0 Å². The highest BCUT2D eigenvalue weighted by atomic mass is 16.2. The van der Waals surface area contributed by atoms with E-state index >= 15 is 0 Å². The number of carbonyl (C=O) groups is 2. The maximum atomic E-state index is 13.8. The Morgan fingerprint density at radius 3 is 2.14 bits per heavy atom. The van der Waals surface area contributed by atoms with Crippen LogP contribution in [0.1, 0.15) is 68.4 Å². The van der Waals surface area contributed by atoms with E-state index in [0.717, 1.165) is 28.7 Å². The minimum Gasteiger partial charge on any atom is -0.354 e. The van der Waals surface area contributed by atoms with E-state index in [1.807, 2.05) is 55.5 Å². The lowest BCUT2D eigenvalue weighted by molar-refractivity contribution is -0.141. The van der Waals surface area contributed by atoms with Gasteiger partial charge >= 0.3 is 0 Å². The van der Waals surface area contributed by atoms with Crippen molar-refractivity contribution in [1.29, 1.82) is 0 Å². The number of rotatable bonds is 11. The lowest BCUT2D eigenvalue weighted by Crippen LogP contribution is -2.50. The first-order chi connectivity index (χ1) is 17.7. The Balaban J connectivity index is 1.87. The standard InChI is InChI=1S/C33H42N2O2/c1-6-22-34-32(37)30(23-27-13-8-7-9-14-27)35(24-28-15-11-10-12-25(28)2)31(36)21-18-26-16-19-29(20-17-26)33(3,4)5/h7-17,19-20,30H,6,18,21-24H2,1-5H3,(H,34,37)/t30-/m0/s1. The van der Waals surface area contributed by atoms with Gasteiger partial charge in [-0.3, -0.25) is 9.59 Å². The smallest absolute Gasteiger partial charge is 0.243 e. The number of hydrogen-bond acceptors (Lipinski definition) is 2.